The number of hydrogen-bond donors (Lipinski definition) is 1. The van der Waals surface area contributed by atoms with E-state index in [-0.39, 0.29) is 5.91 Å². The standard InChI is InChI=1S/C18H21NO2/c1-3-21-17-10-8-16(9-11-17)13-19-18(20)12-15-6-4-14(2)5-7-15/h4-11H,3,12-13H2,1-2H3,(H,19,20). The van der Waals surface area contributed by atoms with Gasteiger partial charge >= 0.3 is 0 Å². The summed E-state index contributed by atoms with van der Waals surface area (Å²) < 4.78 is 5.39. The van der Waals surface area contributed by atoms with Gasteiger partial charge < -0.3 is 10.1 Å². The van der Waals surface area contributed by atoms with E-state index in [0.717, 1.165) is 16.9 Å². The van der Waals surface area contributed by atoms with Gasteiger partial charge in [0.2, 0.25) is 5.91 Å². The van der Waals surface area contributed by atoms with Gasteiger partial charge in [-0.1, -0.05) is 42.0 Å². The van der Waals surface area contributed by atoms with Crippen LogP contribution in [0.3, 0.4) is 0 Å². The molecule has 1 amide bonds. The maximum absolute atomic E-state index is 11.9. The molecule has 0 bridgehead atoms. The van der Waals surface area contributed by atoms with Crippen molar-refractivity contribution >= 4 is 5.91 Å². The number of rotatable bonds is 6. The maximum atomic E-state index is 11.9. The minimum Gasteiger partial charge on any atom is -0.494 e. The Balaban J connectivity index is 1.81. The molecule has 2 aromatic carbocycles. The van der Waals surface area contributed by atoms with Crippen molar-refractivity contribution < 1.29 is 9.53 Å². The summed E-state index contributed by atoms with van der Waals surface area (Å²) in [6.07, 6.45) is 0.414. The van der Waals surface area contributed by atoms with Gasteiger partial charge in [0.25, 0.3) is 0 Å². The summed E-state index contributed by atoms with van der Waals surface area (Å²) >= 11 is 0. The lowest BCUT2D eigenvalue weighted by Crippen LogP contribution is -2.24. The lowest BCUT2D eigenvalue weighted by atomic mass is 10.1. The molecule has 3 nitrogen and oxygen atoms in total. The van der Waals surface area contributed by atoms with E-state index in [1.54, 1.807) is 0 Å². The Kier molecular flexibility index (Phi) is 5.38. The number of carbonyl (C=O) groups is 1. The lowest BCUT2D eigenvalue weighted by molar-refractivity contribution is -0.120. The molecule has 0 radical (unpaired) electrons. The van der Waals surface area contributed by atoms with Crippen LogP contribution in [0.25, 0.3) is 0 Å². The molecule has 0 aromatic heterocycles. The van der Waals surface area contributed by atoms with E-state index in [0.29, 0.717) is 19.6 Å². The second-order valence-corrected chi connectivity index (χ2v) is 5.02. The van der Waals surface area contributed by atoms with Crippen molar-refractivity contribution in [1.82, 2.24) is 5.32 Å². The van der Waals surface area contributed by atoms with Gasteiger partial charge in [0, 0.05) is 6.54 Å². The molecule has 0 saturated carbocycles. The number of ether oxygens (including phenoxy) is 1. The zero-order valence-corrected chi connectivity index (χ0v) is 12.6. The van der Waals surface area contributed by atoms with Gasteiger partial charge in [-0.25, -0.2) is 0 Å². The van der Waals surface area contributed by atoms with Crippen LogP contribution in [0.15, 0.2) is 48.5 Å². The van der Waals surface area contributed by atoms with Gasteiger partial charge in [-0.2, -0.15) is 0 Å². The number of nitrogens with one attached hydrogen (secondary N) is 1. The van der Waals surface area contributed by atoms with Crippen LogP contribution in [0.4, 0.5) is 0 Å². The zero-order valence-electron chi connectivity index (χ0n) is 12.6. The normalized spacial score (nSPS) is 10.2. The van der Waals surface area contributed by atoms with E-state index >= 15 is 0 Å². The Bertz CT molecular complexity index is 573. The van der Waals surface area contributed by atoms with Crippen LogP contribution < -0.4 is 10.1 Å². The molecule has 110 valence electrons. The first-order valence-corrected chi connectivity index (χ1v) is 7.21. The first-order valence-electron chi connectivity index (χ1n) is 7.21. The molecular formula is C18H21NO2. The second-order valence-electron chi connectivity index (χ2n) is 5.02. The molecule has 0 atom stereocenters. The third-order valence-corrected chi connectivity index (χ3v) is 3.21. The quantitative estimate of drug-likeness (QED) is 0.883. The molecule has 0 fully saturated rings. The van der Waals surface area contributed by atoms with Crippen molar-refractivity contribution in [3.8, 4) is 5.75 Å². The first kappa shape index (κ1) is 15.1. The highest BCUT2D eigenvalue weighted by atomic mass is 16.5. The summed E-state index contributed by atoms with van der Waals surface area (Å²) in [5.41, 5.74) is 3.30. The molecular weight excluding hydrogens is 262 g/mol. The van der Waals surface area contributed by atoms with E-state index < -0.39 is 0 Å². The van der Waals surface area contributed by atoms with Crippen LogP contribution in [0.1, 0.15) is 23.6 Å². The van der Waals surface area contributed by atoms with Gasteiger partial charge in [-0.05, 0) is 37.1 Å². The minimum atomic E-state index is 0.0349. The summed E-state index contributed by atoms with van der Waals surface area (Å²) in [7, 11) is 0. The van der Waals surface area contributed by atoms with Crippen molar-refractivity contribution in [3.05, 3.63) is 65.2 Å². The van der Waals surface area contributed by atoms with Gasteiger partial charge in [0.05, 0.1) is 13.0 Å². The van der Waals surface area contributed by atoms with E-state index in [1.165, 1.54) is 5.56 Å². The smallest absolute Gasteiger partial charge is 0.224 e. The van der Waals surface area contributed by atoms with E-state index in [1.807, 2.05) is 62.4 Å². The number of carbonyl (C=O) groups excluding carboxylic acids is 1. The average molecular weight is 283 g/mol. The topological polar surface area (TPSA) is 38.3 Å². The third-order valence-electron chi connectivity index (χ3n) is 3.21. The van der Waals surface area contributed by atoms with Crippen molar-refractivity contribution in [2.24, 2.45) is 0 Å². The summed E-state index contributed by atoms with van der Waals surface area (Å²) in [6.45, 7) is 5.19. The molecule has 1 N–H and O–H groups in total. The molecule has 2 rings (SSSR count). The van der Waals surface area contributed by atoms with Crippen molar-refractivity contribution in [2.75, 3.05) is 6.61 Å². The number of hydrogen-bond acceptors (Lipinski definition) is 2. The largest absolute Gasteiger partial charge is 0.494 e. The summed E-state index contributed by atoms with van der Waals surface area (Å²) in [4.78, 5) is 11.9. The van der Waals surface area contributed by atoms with Crippen LogP contribution >= 0.6 is 0 Å². The Labute approximate surface area is 126 Å². The Morgan fingerprint density at radius 1 is 1.00 bits per heavy atom. The van der Waals surface area contributed by atoms with E-state index in [4.69, 9.17) is 4.74 Å². The lowest BCUT2D eigenvalue weighted by Gasteiger charge is -2.07. The Hall–Kier alpha value is -2.29. The molecule has 0 aliphatic heterocycles. The van der Waals surface area contributed by atoms with Gasteiger partial charge in [0.15, 0.2) is 0 Å². The van der Waals surface area contributed by atoms with Gasteiger partial charge in [-0.3, -0.25) is 4.79 Å². The number of amides is 1. The number of aryl methyl sites for hydroxylation is 1. The average Bonchev–Trinajstić information content (AvgIpc) is 2.49. The fraction of sp³-hybridized carbons (Fsp3) is 0.278. The summed E-state index contributed by atoms with van der Waals surface area (Å²) in [6, 6.07) is 15.8. The molecule has 0 aliphatic rings. The molecule has 2 aromatic rings. The van der Waals surface area contributed by atoms with Gasteiger partial charge in [-0.15, -0.1) is 0 Å². The highest BCUT2D eigenvalue weighted by molar-refractivity contribution is 5.78. The maximum Gasteiger partial charge on any atom is 0.224 e. The fourth-order valence-corrected chi connectivity index (χ4v) is 2.02. The Morgan fingerprint density at radius 2 is 1.62 bits per heavy atom. The van der Waals surface area contributed by atoms with Crippen molar-refractivity contribution in [3.63, 3.8) is 0 Å². The van der Waals surface area contributed by atoms with Crippen molar-refractivity contribution in [2.45, 2.75) is 26.8 Å². The molecule has 0 unspecified atom stereocenters. The Morgan fingerprint density at radius 3 is 2.24 bits per heavy atom. The van der Waals surface area contributed by atoms with Crippen LogP contribution in [-0.4, -0.2) is 12.5 Å². The van der Waals surface area contributed by atoms with Crippen molar-refractivity contribution in [1.29, 1.82) is 0 Å². The third kappa shape index (κ3) is 4.95. The summed E-state index contributed by atoms with van der Waals surface area (Å²) in [5, 5.41) is 2.93. The molecule has 0 aliphatic carbocycles. The monoisotopic (exact) mass is 283 g/mol. The molecule has 0 spiro atoms. The molecule has 0 heterocycles. The second kappa shape index (κ2) is 7.48. The van der Waals surface area contributed by atoms with Crippen LogP contribution in [0.2, 0.25) is 0 Å². The predicted octanol–water partition coefficient (Wildman–Crippen LogP) is 3.25. The van der Waals surface area contributed by atoms with Crippen LogP contribution in [0, 0.1) is 6.92 Å². The van der Waals surface area contributed by atoms with Crippen LogP contribution in [-0.2, 0) is 17.8 Å². The highest BCUT2D eigenvalue weighted by Gasteiger charge is 2.03. The first-order chi connectivity index (χ1) is 10.2. The van der Waals surface area contributed by atoms with Crippen LogP contribution in [0.5, 0.6) is 5.75 Å². The molecule has 3 heteroatoms. The van der Waals surface area contributed by atoms with E-state index in [9.17, 15) is 4.79 Å². The zero-order chi connectivity index (χ0) is 15.1. The van der Waals surface area contributed by atoms with Gasteiger partial charge in [0.1, 0.15) is 5.75 Å². The summed E-state index contributed by atoms with van der Waals surface area (Å²) in [5.74, 6) is 0.889. The minimum absolute atomic E-state index is 0.0349. The fourth-order valence-electron chi connectivity index (χ4n) is 2.02. The highest BCUT2D eigenvalue weighted by Crippen LogP contribution is 2.12. The predicted molar refractivity (Wildman–Crippen MR) is 84.3 cm³/mol. The molecule has 0 saturated heterocycles. The SMILES string of the molecule is CCOc1ccc(CNC(=O)Cc2ccc(C)cc2)cc1. The number of benzene rings is 2. The molecule has 21 heavy (non-hydrogen) atoms. The van der Waals surface area contributed by atoms with E-state index in [2.05, 4.69) is 5.32 Å².